The number of unbranched alkanes of at least 4 members (excludes halogenated alkanes) is 26. The van der Waals surface area contributed by atoms with E-state index in [2.05, 4.69) is 42.1 Å². The van der Waals surface area contributed by atoms with Gasteiger partial charge in [0.15, 0.2) is 0 Å². The molecule has 0 amide bonds. The van der Waals surface area contributed by atoms with Crippen LogP contribution in [0.3, 0.4) is 0 Å². The number of imidazole rings is 1. The van der Waals surface area contributed by atoms with E-state index in [9.17, 15) is 14.7 Å². The van der Waals surface area contributed by atoms with Crippen LogP contribution in [0.4, 0.5) is 0 Å². The molecule has 376 valence electrons. The summed E-state index contributed by atoms with van der Waals surface area (Å²) >= 11 is 0. The molecule has 0 saturated heterocycles. The second-order valence-corrected chi connectivity index (χ2v) is 19.7. The summed E-state index contributed by atoms with van der Waals surface area (Å²) in [7, 11) is 0. The van der Waals surface area contributed by atoms with Gasteiger partial charge < -0.3 is 24.0 Å². The highest BCUT2D eigenvalue weighted by Crippen LogP contribution is 2.20. The van der Waals surface area contributed by atoms with Gasteiger partial charge in [0.25, 0.3) is 0 Å². The lowest BCUT2D eigenvalue weighted by molar-refractivity contribution is -0.151. The number of aliphatic hydroxyl groups is 1. The van der Waals surface area contributed by atoms with Gasteiger partial charge in [-0.3, -0.25) is 9.59 Å². The second-order valence-electron chi connectivity index (χ2n) is 19.7. The predicted molar refractivity (Wildman–Crippen MR) is 272 cm³/mol. The summed E-state index contributed by atoms with van der Waals surface area (Å²) in [6.45, 7) is 12.6. The molecule has 8 nitrogen and oxygen atoms in total. The van der Waals surface area contributed by atoms with Gasteiger partial charge in [-0.1, -0.05) is 188 Å². The van der Waals surface area contributed by atoms with Crippen LogP contribution in [0.2, 0.25) is 0 Å². The summed E-state index contributed by atoms with van der Waals surface area (Å²) in [5.41, 5.74) is 0. The number of esters is 2. The molecule has 0 aromatic carbocycles. The number of aryl methyl sites for hydroxylation is 1. The van der Waals surface area contributed by atoms with Gasteiger partial charge in [-0.15, -0.1) is 0 Å². The molecule has 0 aliphatic heterocycles. The molecule has 1 heterocycles. The SMILES string of the molecule is CCCCCCCCC(CCCCCCCC)OC(=O)CCCCCCCN(CCCn1ccnc1)CC(O)CCCCCC(=O)OC(CCCCCCCC)CCCCCCCC. The Kier molecular flexibility index (Phi) is 43.4. The smallest absolute Gasteiger partial charge is 0.306 e. The Morgan fingerprint density at radius 1 is 0.484 bits per heavy atom. The van der Waals surface area contributed by atoms with Crippen LogP contribution in [-0.4, -0.2) is 69.4 Å². The summed E-state index contributed by atoms with van der Waals surface area (Å²) in [5.74, 6) is -0.0241. The van der Waals surface area contributed by atoms with Crippen LogP contribution in [0.1, 0.15) is 285 Å². The van der Waals surface area contributed by atoms with E-state index in [4.69, 9.17) is 9.47 Å². The van der Waals surface area contributed by atoms with Crippen LogP contribution in [0.25, 0.3) is 0 Å². The Labute approximate surface area is 397 Å². The normalized spacial score (nSPS) is 12.2. The van der Waals surface area contributed by atoms with Crippen molar-refractivity contribution in [2.24, 2.45) is 0 Å². The van der Waals surface area contributed by atoms with Crippen molar-refractivity contribution in [1.29, 1.82) is 0 Å². The number of aliphatic hydroxyl groups excluding tert-OH is 1. The van der Waals surface area contributed by atoms with Crippen molar-refractivity contribution in [3.8, 4) is 0 Å². The highest BCUT2D eigenvalue weighted by molar-refractivity contribution is 5.69. The minimum Gasteiger partial charge on any atom is -0.462 e. The number of carbonyl (C=O) groups excluding carboxylic acids is 2. The Morgan fingerprint density at radius 3 is 1.27 bits per heavy atom. The van der Waals surface area contributed by atoms with Gasteiger partial charge in [-0.05, 0) is 96.6 Å². The van der Waals surface area contributed by atoms with Gasteiger partial charge in [-0.25, -0.2) is 4.98 Å². The number of hydrogen-bond acceptors (Lipinski definition) is 7. The first-order chi connectivity index (χ1) is 31.4. The quantitative estimate of drug-likeness (QED) is 0.0514. The number of nitrogens with zero attached hydrogens (tertiary/aromatic N) is 3. The molecule has 0 saturated carbocycles. The maximum absolute atomic E-state index is 12.9. The molecule has 0 aliphatic carbocycles. The Hall–Kier alpha value is -1.93. The summed E-state index contributed by atoms with van der Waals surface area (Å²) in [6.07, 6.45) is 50.9. The van der Waals surface area contributed by atoms with Crippen LogP contribution < -0.4 is 0 Å². The van der Waals surface area contributed by atoms with E-state index in [1.165, 1.54) is 141 Å². The fourth-order valence-corrected chi connectivity index (χ4v) is 9.16. The first-order valence-electron chi connectivity index (χ1n) is 28.2. The number of ether oxygens (including phenoxy) is 2. The van der Waals surface area contributed by atoms with Gasteiger partial charge in [-0.2, -0.15) is 0 Å². The minimum absolute atomic E-state index is 0.00574. The minimum atomic E-state index is -0.365. The van der Waals surface area contributed by atoms with Crippen molar-refractivity contribution in [2.45, 2.75) is 309 Å². The fourth-order valence-electron chi connectivity index (χ4n) is 9.16. The van der Waals surface area contributed by atoms with Crippen molar-refractivity contribution in [3.63, 3.8) is 0 Å². The van der Waals surface area contributed by atoms with E-state index in [0.29, 0.717) is 19.4 Å². The lowest BCUT2D eigenvalue weighted by Gasteiger charge is -2.25. The lowest BCUT2D eigenvalue weighted by atomic mass is 10.0. The van der Waals surface area contributed by atoms with E-state index >= 15 is 0 Å². The van der Waals surface area contributed by atoms with Crippen molar-refractivity contribution in [1.82, 2.24) is 14.5 Å². The van der Waals surface area contributed by atoms with Crippen LogP contribution in [0.15, 0.2) is 18.7 Å². The van der Waals surface area contributed by atoms with Crippen LogP contribution in [-0.2, 0) is 25.6 Å². The average Bonchev–Trinajstić information content (AvgIpc) is 3.81. The zero-order chi connectivity index (χ0) is 46.4. The van der Waals surface area contributed by atoms with Crippen LogP contribution in [0, 0.1) is 0 Å². The summed E-state index contributed by atoms with van der Waals surface area (Å²) in [6, 6.07) is 0. The largest absolute Gasteiger partial charge is 0.462 e. The highest BCUT2D eigenvalue weighted by atomic mass is 16.5. The molecule has 1 atom stereocenters. The van der Waals surface area contributed by atoms with E-state index in [1.807, 2.05) is 18.7 Å². The van der Waals surface area contributed by atoms with Crippen molar-refractivity contribution < 1.29 is 24.2 Å². The van der Waals surface area contributed by atoms with Gasteiger partial charge in [0.1, 0.15) is 12.2 Å². The molecule has 0 bridgehead atoms. The molecule has 0 fully saturated rings. The maximum Gasteiger partial charge on any atom is 0.306 e. The topological polar surface area (TPSA) is 93.9 Å². The molecule has 1 unspecified atom stereocenters. The van der Waals surface area contributed by atoms with Crippen LogP contribution in [0.5, 0.6) is 0 Å². The van der Waals surface area contributed by atoms with Crippen molar-refractivity contribution in [2.75, 3.05) is 19.6 Å². The Bertz CT molecular complexity index is 1080. The van der Waals surface area contributed by atoms with Crippen molar-refractivity contribution >= 4 is 11.9 Å². The number of hydrogen-bond donors (Lipinski definition) is 1. The van der Waals surface area contributed by atoms with E-state index in [-0.39, 0.29) is 30.3 Å². The monoisotopic (exact) mass is 902 g/mol. The van der Waals surface area contributed by atoms with Gasteiger partial charge >= 0.3 is 11.9 Å². The molecular formula is C56H107N3O5. The molecule has 8 heteroatoms. The predicted octanol–water partition coefficient (Wildman–Crippen LogP) is 16.1. The third-order valence-corrected chi connectivity index (χ3v) is 13.3. The maximum atomic E-state index is 12.9. The third-order valence-electron chi connectivity index (χ3n) is 13.3. The first-order valence-corrected chi connectivity index (χ1v) is 28.2. The lowest BCUT2D eigenvalue weighted by Crippen LogP contribution is -2.34. The van der Waals surface area contributed by atoms with Gasteiger partial charge in [0, 0.05) is 38.3 Å². The standard InChI is InChI=1S/C56H107N3O5/c1-5-9-13-17-22-30-39-53(40-31-23-18-14-10-6-2)63-55(61)43-34-26-21-27-36-46-58(47-37-48-59-49-45-57-51-59)50-52(60)38-29-28-35-44-56(62)64-54(41-32-24-19-15-11-7-3)42-33-25-20-16-12-8-4/h45,49,51-54,60H,5-44,46-48,50H2,1-4H3. The number of aromatic nitrogens is 2. The van der Waals surface area contributed by atoms with Gasteiger partial charge in [0.05, 0.1) is 12.4 Å². The van der Waals surface area contributed by atoms with E-state index in [1.54, 1.807) is 0 Å². The molecule has 0 aliphatic rings. The number of carbonyl (C=O) groups is 2. The van der Waals surface area contributed by atoms with Crippen LogP contribution >= 0.6 is 0 Å². The fraction of sp³-hybridized carbons (Fsp3) is 0.911. The second kappa shape index (κ2) is 46.2. The summed E-state index contributed by atoms with van der Waals surface area (Å²) < 4.78 is 14.3. The molecule has 0 radical (unpaired) electrons. The first kappa shape index (κ1) is 60.1. The zero-order valence-electron chi connectivity index (χ0n) is 43.0. The van der Waals surface area contributed by atoms with Crippen molar-refractivity contribution in [3.05, 3.63) is 18.7 Å². The molecule has 1 rings (SSSR count). The van der Waals surface area contributed by atoms with E-state index < -0.39 is 0 Å². The molecule has 1 aromatic heterocycles. The molecule has 1 N–H and O–H groups in total. The average molecular weight is 902 g/mol. The van der Waals surface area contributed by atoms with Gasteiger partial charge in [0.2, 0.25) is 0 Å². The number of rotatable bonds is 50. The molecular weight excluding hydrogens is 795 g/mol. The summed E-state index contributed by atoms with van der Waals surface area (Å²) in [4.78, 5) is 32.4. The molecule has 64 heavy (non-hydrogen) atoms. The van der Waals surface area contributed by atoms with E-state index in [0.717, 1.165) is 122 Å². The summed E-state index contributed by atoms with van der Waals surface area (Å²) in [5, 5.41) is 11.1. The highest BCUT2D eigenvalue weighted by Gasteiger charge is 2.17. The third kappa shape index (κ3) is 39.3. The zero-order valence-corrected chi connectivity index (χ0v) is 43.0. The Balaban J connectivity index is 2.42. The molecule has 0 spiro atoms. The molecule has 1 aromatic rings. The Morgan fingerprint density at radius 2 is 0.844 bits per heavy atom.